The minimum absolute atomic E-state index is 0.816. The number of aromatic nitrogens is 1. The van der Waals surface area contributed by atoms with Crippen LogP contribution in [-0.4, -0.2) is 10.7 Å². The molecule has 1 rings (SSSR count). The average molecular weight is 197 g/mol. The molecule has 0 saturated heterocycles. The molecule has 0 aliphatic rings. The van der Waals surface area contributed by atoms with Crippen LogP contribution in [0, 0.1) is 25.7 Å². The van der Waals surface area contributed by atoms with E-state index >= 15 is 0 Å². The lowest BCUT2D eigenvalue weighted by Crippen LogP contribution is -1.74. The fourth-order valence-electron chi connectivity index (χ4n) is 0.720. The summed E-state index contributed by atoms with van der Waals surface area (Å²) < 4.78 is 0. The van der Waals surface area contributed by atoms with Crippen LogP contribution in [0.1, 0.15) is 22.0 Å². The first kappa shape index (κ1) is 9.63. The monoisotopic (exact) mass is 197 g/mol. The molecule has 0 bridgehead atoms. The minimum atomic E-state index is 0.816. The zero-order valence-corrected chi connectivity index (χ0v) is 8.93. The van der Waals surface area contributed by atoms with Gasteiger partial charge in [-0.1, -0.05) is 5.92 Å². The van der Waals surface area contributed by atoms with E-state index in [0.29, 0.717) is 0 Å². The fraction of sp³-hybridized carbons (Fsp3) is 0.444. The van der Waals surface area contributed by atoms with E-state index in [2.05, 4.69) is 36.4 Å². The van der Waals surface area contributed by atoms with Crippen LogP contribution in [-0.2, 0) is 0 Å². The van der Waals surface area contributed by atoms with Gasteiger partial charge in [-0.25, -0.2) is 4.98 Å². The van der Waals surface area contributed by atoms with Gasteiger partial charge in [-0.2, -0.15) is 12.6 Å². The average Bonchev–Trinajstić information content (AvgIpc) is 2.32. The smallest absolute Gasteiger partial charge is 0.167 e. The largest absolute Gasteiger partial charge is 0.233 e. The van der Waals surface area contributed by atoms with Gasteiger partial charge < -0.3 is 0 Å². The van der Waals surface area contributed by atoms with Gasteiger partial charge in [-0.3, -0.25) is 0 Å². The Morgan fingerprint density at radius 1 is 1.50 bits per heavy atom. The number of rotatable bonds is 1. The summed E-state index contributed by atoms with van der Waals surface area (Å²) in [5.41, 5.74) is 1.09. The summed E-state index contributed by atoms with van der Waals surface area (Å²) in [6, 6.07) is 0. The van der Waals surface area contributed by atoms with E-state index in [1.54, 1.807) is 11.3 Å². The van der Waals surface area contributed by atoms with Gasteiger partial charge in [0.2, 0.25) is 0 Å². The maximum Gasteiger partial charge on any atom is 0.167 e. The molecule has 0 aliphatic carbocycles. The van der Waals surface area contributed by atoms with Gasteiger partial charge in [0.1, 0.15) is 0 Å². The number of nitrogens with zero attached hydrogens (tertiary/aromatic N) is 1. The van der Waals surface area contributed by atoms with Crippen LogP contribution in [0.25, 0.3) is 0 Å². The molecule has 0 aliphatic heterocycles. The second kappa shape index (κ2) is 4.54. The number of aryl methyl sites for hydroxylation is 2. The number of thiazole rings is 1. The topological polar surface area (TPSA) is 12.9 Å². The molecule has 0 fully saturated rings. The molecule has 0 amide bonds. The fourth-order valence-corrected chi connectivity index (χ4v) is 1.62. The molecular weight excluding hydrogens is 186 g/mol. The summed E-state index contributed by atoms with van der Waals surface area (Å²) in [7, 11) is 0. The van der Waals surface area contributed by atoms with Gasteiger partial charge in [0.15, 0.2) is 5.01 Å². The van der Waals surface area contributed by atoms with Gasteiger partial charge in [0, 0.05) is 17.1 Å². The highest BCUT2D eigenvalue weighted by atomic mass is 32.1. The van der Waals surface area contributed by atoms with Crippen LogP contribution in [0.15, 0.2) is 0 Å². The second-order valence-electron chi connectivity index (χ2n) is 2.44. The van der Waals surface area contributed by atoms with Crippen molar-refractivity contribution in [3.05, 3.63) is 15.6 Å². The molecule has 1 nitrogen and oxygen atoms in total. The van der Waals surface area contributed by atoms with Crippen molar-refractivity contribution < 1.29 is 0 Å². The number of thiol groups is 1. The molecular formula is C9H11NS2. The molecule has 1 aromatic rings. The van der Waals surface area contributed by atoms with Gasteiger partial charge in [-0.05, 0) is 19.8 Å². The normalized spacial score (nSPS) is 9.25. The lowest BCUT2D eigenvalue weighted by molar-refractivity contribution is 1.21. The highest BCUT2D eigenvalue weighted by Gasteiger charge is 1.98. The van der Waals surface area contributed by atoms with E-state index in [0.717, 1.165) is 22.9 Å². The van der Waals surface area contributed by atoms with E-state index in [-0.39, 0.29) is 0 Å². The molecule has 1 heterocycles. The maximum absolute atomic E-state index is 4.30. The molecule has 12 heavy (non-hydrogen) atoms. The predicted molar refractivity (Wildman–Crippen MR) is 56.9 cm³/mol. The SMILES string of the molecule is Cc1nc(C#CCCS)sc1C. The zero-order valence-electron chi connectivity index (χ0n) is 7.22. The summed E-state index contributed by atoms with van der Waals surface area (Å²) >= 11 is 5.73. The van der Waals surface area contributed by atoms with Crippen LogP contribution in [0.5, 0.6) is 0 Å². The van der Waals surface area contributed by atoms with Gasteiger partial charge in [0.05, 0.1) is 5.69 Å². The molecule has 0 spiro atoms. The zero-order chi connectivity index (χ0) is 8.97. The number of hydrogen-bond acceptors (Lipinski definition) is 3. The first-order valence-electron chi connectivity index (χ1n) is 3.78. The highest BCUT2D eigenvalue weighted by Crippen LogP contribution is 2.14. The third-order valence-corrected chi connectivity index (χ3v) is 2.67. The Kier molecular flexibility index (Phi) is 3.64. The lowest BCUT2D eigenvalue weighted by atomic mass is 10.4. The predicted octanol–water partition coefficient (Wildman–Crippen LogP) is 2.43. The summed E-state index contributed by atoms with van der Waals surface area (Å²) in [5.74, 6) is 6.84. The van der Waals surface area contributed by atoms with E-state index in [9.17, 15) is 0 Å². The second-order valence-corrected chi connectivity index (χ2v) is 4.09. The Bertz CT molecular complexity index is 298. The Balaban J connectivity index is 2.72. The maximum atomic E-state index is 4.30. The van der Waals surface area contributed by atoms with Gasteiger partial charge >= 0.3 is 0 Å². The molecule has 0 N–H and O–H groups in total. The quantitative estimate of drug-likeness (QED) is 0.539. The highest BCUT2D eigenvalue weighted by molar-refractivity contribution is 7.80. The first-order valence-corrected chi connectivity index (χ1v) is 5.22. The van der Waals surface area contributed by atoms with Crippen LogP contribution < -0.4 is 0 Å². The summed E-state index contributed by atoms with van der Waals surface area (Å²) in [6.45, 7) is 4.08. The Hall–Kier alpha value is -0.460. The van der Waals surface area contributed by atoms with Gasteiger partial charge in [-0.15, -0.1) is 11.3 Å². The van der Waals surface area contributed by atoms with Crippen LogP contribution >= 0.6 is 24.0 Å². The summed E-state index contributed by atoms with van der Waals surface area (Å²) in [4.78, 5) is 5.56. The summed E-state index contributed by atoms with van der Waals surface area (Å²) in [6.07, 6.45) is 0.834. The van der Waals surface area contributed by atoms with Crippen LogP contribution in [0.3, 0.4) is 0 Å². The minimum Gasteiger partial charge on any atom is -0.233 e. The van der Waals surface area contributed by atoms with Crippen molar-refractivity contribution in [1.82, 2.24) is 4.98 Å². The summed E-state index contributed by atoms with van der Waals surface area (Å²) in [5, 5.41) is 0.923. The molecule has 0 aromatic carbocycles. The Labute approximate surface area is 82.6 Å². The number of hydrogen-bond donors (Lipinski definition) is 1. The lowest BCUT2D eigenvalue weighted by Gasteiger charge is -1.77. The van der Waals surface area contributed by atoms with E-state index in [1.807, 2.05) is 6.92 Å². The van der Waals surface area contributed by atoms with E-state index in [1.165, 1.54) is 4.88 Å². The molecule has 0 atom stereocenters. The molecule has 64 valence electrons. The van der Waals surface area contributed by atoms with Crippen molar-refractivity contribution in [3.8, 4) is 11.8 Å². The first-order chi connectivity index (χ1) is 5.74. The van der Waals surface area contributed by atoms with Crippen molar-refractivity contribution in [2.24, 2.45) is 0 Å². The van der Waals surface area contributed by atoms with Gasteiger partial charge in [0.25, 0.3) is 0 Å². The van der Waals surface area contributed by atoms with Crippen LogP contribution in [0.2, 0.25) is 0 Å². The Morgan fingerprint density at radius 3 is 2.75 bits per heavy atom. The molecule has 0 radical (unpaired) electrons. The van der Waals surface area contributed by atoms with Crippen molar-refractivity contribution in [3.63, 3.8) is 0 Å². The van der Waals surface area contributed by atoms with E-state index < -0.39 is 0 Å². The molecule has 3 heteroatoms. The molecule has 0 saturated carbocycles. The van der Waals surface area contributed by atoms with Crippen molar-refractivity contribution >= 4 is 24.0 Å². The third-order valence-electron chi connectivity index (χ3n) is 1.46. The van der Waals surface area contributed by atoms with Crippen molar-refractivity contribution in [1.29, 1.82) is 0 Å². The van der Waals surface area contributed by atoms with Crippen molar-refractivity contribution in [2.75, 3.05) is 5.75 Å². The van der Waals surface area contributed by atoms with E-state index in [4.69, 9.17) is 0 Å². The Morgan fingerprint density at radius 2 is 2.25 bits per heavy atom. The molecule has 1 aromatic heterocycles. The molecule has 0 unspecified atom stereocenters. The van der Waals surface area contributed by atoms with Crippen molar-refractivity contribution in [2.45, 2.75) is 20.3 Å². The van der Waals surface area contributed by atoms with Crippen LogP contribution in [0.4, 0.5) is 0 Å². The third kappa shape index (κ3) is 2.54. The standard InChI is InChI=1S/C9H11NS2/c1-7-8(2)12-9(10-7)5-3-4-6-11/h11H,4,6H2,1-2H3.